The summed E-state index contributed by atoms with van der Waals surface area (Å²) in [6.07, 6.45) is 27.2. The van der Waals surface area contributed by atoms with Crippen molar-refractivity contribution in [1.82, 2.24) is 0 Å². The number of fused-ring (bicyclic) bond motifs is 1. The molecular weight excluding hydrogens is 568 g/mol. The number of anilines is 2. The van der Waals surface area contributed by atoms with Crippen LogP contribution >= 0.6 is 0 Å². The second-order valence-corrected chi connectivity index (χ2v) is 13.4. The van der Waals surface area contributed by atoms with E-state index in [-0.39, 0.29) is 62.4 Å². The van der Waals surface area contributed by atoms with E-state index in [1.54, 1.807) is 6.07 Å². The second kappa shape index (κ2) is 22.1. The van der Waals surface area contributed by atoms with Crippen molar-refractivity contribution in [3.05, 3.63) is 54.1 Å². The molecular formula is C35H55KN2O3S. The van der Waals surface area contributed by atoms with Gasteiger partial charge in [0.2, 0.25) is 0 Å². The fourth-order valence-corrected chi connectivity index (χ4v) is 6.56. The normalized spacial score (nSPS) is 14.4. The quantitative estimate of drug-likeness (QED) is 0.0808. The zero-order valence-electron chi connectivity index (χ0n) is 26.6. The van der Waals surface area contributed by atoms with Crippen LogP contribution in [-0.2, 0) is 16.7 Å². The maximum Gasteiger partial charge on any atom is 1.00 e. The Morgan fingerprint density at radius 1 is 0.690 bits per heavy atom. The Kier molecular flexibility index (Phi) is 19.9. The van der Waals surface area contributed by atoms with Crippen LogP contribution in [0.1, 0.15) is 141 Å². The van der Waals surface area contributed by atoms with Crippen molar-refractivity contribution in [3.8, 4) is 0 Å². The third kappa shape index (κ3) is 14.6. The van der Waals surface area contributed by atoms with E-state index < -0.39 is 10.1 Å². The van der Waals surface area contributed by atoms with Crippen molar-refractivity contribution >= 4 is 21.5 Å². The van der Waals surface area contributed by atoms with Crippen LogP contribution in [0, 0.1) is 0 Å². The number of hydrogen-bond acceptors (Lipinski definition) is 5. The van der Waals surface area contributed by atoms with Gasteiger partial charge < -0.3 is 14.8 Å². The second-order valence-electron chi connectivity index (χ2n) is 12.1. The molecule has 3 rings (SSSR count). The van der Waals surface area contributed by atoms with Crippen molar-refractivity contribution < 1.29 is 64.4 Å². The van der Waals surface area contributed by atoms with Gasteiger partial charge >= 0.3 is 51.4 Å². The average molecular weight is 623 g/mol. The molecule has 7 heteroatoms. The first-order valence-corrected chi connectivity index (χ1v) is 18.1. The van der Waals surface area contributed by atoms with Gasteiger partial charge in [0.25, 0.3) is 0 Å². The third-order valence-electron chi connectivity index (χ3n) is 8.54. The van der Waals surface area contributed by atoms with Gasteiger partial charge in [-0.1, -0.05) is 153 Å². The summed E-state index contributed by atoms with van der Waals surface area (Å²) in [4.78, 5) is 2.05. The van der Waals surface area contributed by atoms with E-state index in [0.717, 1.165) is 29.8 Å². The summed E-state index contributed by atoms with van der Waals surface area (Å²) in [5, 5.41) is 3.57. The van der Waals surface area contributed by atoms with Gasteiger partial charge in [0.05, 0.1) is 22.4 Å². The maximum atomic E-state index is 11.6. The number of benzene rings is 2. The molecule has 0 aromatic heterocycles. The predicted octanol–water partition coefficient (Wildman–Crippen LogP) is 7.17. The summed E-state index contributed by atoms with van der Waals surface area (Å²) in [5.74, 6) is 0. The fourth-order valence-electron chi connectivity index (χ4n) is 6.07. The fraction of sp³-hybridized carbons (Fsp3) is 0.657. The van der Waals surface area contributed by atoms with Crippen LogP contribution in [0.4, 0.5) is 11.4 Å². The Morgan fingerprint density at radius 2 is 1.17 bits per heavy atom. The van der Waals surface area contributed by atoms with Crippen LogP contribution in [0.2, 0.25) is 0 Å². The van der Waals surface area contributed by atoms with Gasteiger partial charge in [-0.25, -0.2) is 8.42 Å². The first-order chi connectivity index (χ1) is 20.0. The standard InChI is InChI=1S/C35H56N2O3S.K/c1-2-3-4-5-6-7-8-9-10-11-12-13-14-15-16-17-18-19-23-26-35-36-33-28-27-32(41(38,39)40)29-34(33)37(35)30-31-24-21-20-22-25-31;/h20-22,24-25,27-29,35-36H,2-19,23,26,30H2,1H3,(H,38,39,40);/q;+1/p-1. The molecule has 42 heavy (non-hydrogen) atoms. The molecule has 0 fully saturated rings. The summed E-state index contributed by atoms with van der Waals surface area (Å²) in [5.41, 5.74) is 2.86. The van der Waals surface area contributed by atoms with Crippen LogP contribution in [0.15, 0.2) is 53.4 Å². The van der Waals surface area contributed by atoms with Gasteiger partial charge in [0.1, 0.15) is 10.1 Å². The number of hydrogen-bond donors (Lipinski definition) is 1. The first-order valence-electron chi connectivity index (χ1n) is 16.7. The SMILES string of the molecule is CCCCCCCCCCCCCCCCCCCCCC1Nc2ccc(S(=O)(=O)[O-])cc2N1Cc1ccccc1.[K+]. The number of nitrogens with zero attached hydrogens (tertiary/aromatic N) is 1. The Labute approximate surface area is 300 Å². The molecule has 1 unspecified atom stereocenters. The van der Waals surface area contributed by atoms with Crippen LogP contribution in [0.5, 0.6) is 0 Å². The van der Waals surface area contributed by atoms with Gasteiger partial charge in [0, 0.05) is 6.54 Å². The minimum absolute atomic E-state index is 0. The van der Waals surface area contributed by atoms with Crippen molar-refractivity contribution in [2.75, 3.05) is 10.2 Å². The van der Waals surface area contributed by atoms with E-state index in [9.17, 15) is 13.0 Å². The number of rotatable bonds is 23. The Morgan fingerprint density at radius 3 is 1.64 bits per heavy atom. The molecule has 1 N–H and O–H groups in total. The van der Waals surface area contributed by atoms with Gasteiger partial charge in [-0.3, -0.25) is 0 Å². The van der Waals surface area contributed by atoms with Gasteiger partial charge in [-0.15, -0.1) is 0 Å². The summed E-state index contributed by atoms with van der Waals surface area (Å²) in [6, 6.07) is 14.9. The monoisotopic (exact) mass is 622 g/mol. The van der Waals surface area contributed by atoms with E-state index >= 15 is 0 Å². The topological polar surface area (TPSA) is 72.5 Å². The van der Waals surface area contributed by atoms with Crippen molar-refractivity contribution in [2.45, 2.75) is 153 Å². The minimum Gasteiger partial charge on any atom is -0.744 e. The van der Waals surface area contributed by atoms with Crippen LogP contribution in [-0.4, -0.2) is 19.1 Å². The van der Waals surface area contributed by atoms with Crippen molar-refractivity contribution in [3.63, 3.8) is 0 Å². The minimum atomic E-state index is -4.49. The first kappa shape index (κ1) is 37.8. The number of nitrogens with one attached hydrogen (secondary N) is 1. The van der Waals surface area contributed by atoms with Gasteiger partial charge in [-0.05, 0) is 36.6 Å². The average Bonchev–Trinajstić information content (AvgIpc) is 3.30. The molecule has 0 spiro atoms. The van der Waals surface area contributed by atoms with E-state index in [4.69, 9.17) is 0 Å². The van der Waals surface area contributed by atoms with E-state index in [1.165, 1.54) is 128 Å². The molecule has 1 heterocycles. The molecule has 0 aliphatic carbocycles. The Hall–Kier alpha value is -0.414. The third-order valence-corrected chi connectivity index (χ3v) is 9.37. The van der Waals surface area contributed by atoms with E-state index in [2.05, 4.69) is 29.3 Å². The summed E-state index contributed by atoms with van der Waals surface area (Å²) < 4.78 is 34.9. The molecule has 0 radical (unpaired) electrons. The molecule has 5 nitrogen and oxygen atoms in total. The molecule has 0 amide bonds. The molecule has 0 bridgehead atoms. The summed E-state index contributed by atoms with van der Waals surface area (Å²) >= 11 is 0. The van der Waals surface area contributed by atoms with Crippen molar-refractivity contribution in [2.24, 2.45) is 0 Å². The van der Waals surface area contributed by atoms with E-state index in [1.807, 2.05) is 18.2 Å². The molecule has 1 aliphatic heterocycles. The van der Waals surface area contributed by atoms with Gasteiger partial charge in [-0.2, -0.15) is 0 Å². The summed E-state index contributed by atoms with van der Waals surface area (Å²) in [6.45, 7) is 2.96. The molecule has 230 valence electrons. The molecule has 2 aromatic carbocycles. The Bertz CT molecular complexity index is 1080. The smallest absolute Gasteiger partial charge is 0.744 e. The van der Waals surface area contributed by atoms with Crippen LogP contribution < -0.4 is 61.6 Å². The van der Waals surface area contributed by atoms with E-state index in [0.29, 0.717) is 6.54 Å². The van der Waals surface area contributed by atoms with Crippen LogP contribution in [0.3, 0.4) is 0 Å². The maximum absolute atomic E-state index is 11.6. The largest absolute Gasteiger partial charge is 1.00 e. The number of unbranched alkanes of at least 4 members (excludes halogenated alkanes) is 18. The Balaban J connectivity index is 0.00000616. The zero-order valence-corrected chi connectivity index (χ0v) is 30.6. The van der Waals surface area contributed by atoms with Crippen molar-refractivity contribution in [1.29, 1.82) is 0 Å². The zero-order chi connectivity index (χ0) is 29.2. The molecule has 0 saturated heterocycles. The molecule has 0 saturated carbocycles. The summed E-state index contributed by atoms with van der Waals surface area (Å²) in [7, 11) is -4.49. The van der Waals surface area contributed by atoms with Gasteiger partial charge in [0.15, 0.2) is 0 Å². The predicted molar refractivity (Wildman–Crippen MR) is 172 cm³/mol. The molecule has 2 aromatic rings. The molecule has 1 atom stereocenters. The molecule has 1 aliphatic rings. The van der Waals surface area contributed by atoms with Crippen LogP contribution in [0.25, 0.3) is 0 Å².